The van der Waals surface area contributed by atoms with Gasteiger partial charge in [0.2, 0.25) is 0 Å². The molecule has 0 saturated carbocycles. The monoisotopic (exact) mass is 224 g/mol. The smallest absolute Gasteiger partial charge is 0.423 e. The van der Waals surface area contributed by atoms with Gasteiger partial charge in [0.15, 0.2) is 0 Å². The Labute approximate surface area is 91.8 Å². The van der Waals surface area contributed by atoms with Crippen molar-refractivity contribution < 1.29 is 10.0 Å². The Balaban J connectivity index is 2.74. The minimum Gasteiger partial charge on any atom is -0.423 e. The fraction of sp³-hybridized carbons (Fsp3) is 0.111. The second-order valence-electron chi connectivity index (χ2n) is 3.15. The van der Waals surface area contributed by atoms with Crippen molar-refractivity contribution in [2.24, 2.45) is 0 Å². The van der Waals surface area contributed by atoms with Gasteiger partial charge in [-0.25, -0.2) is 0 Å². The third-order valence-electron chi connectivity index (χ3n) is 2.10. The Morgan fingerprint density at radius 3 is 2.71 bits per heavy atom. The van der Waals surface area contributed by atoms with Crippen LogP contribution in [0.25, 0.3) is 10.1 Å². The molecule has 0 aliphatic heterocycles. The zero-order valence-corrected chi connectivity index (χ0v) is 9.27. The van der Waals surface area contributed by atoms with Crippen molar-refractivity contribution in [3.8, 4) is 0 Å². The van der Waals surface area contributed by atoms with Crippen LogP contribution in [0.15, 0.2) is 23.1 Å². The molecular formula is C9H9BO2S2. The first-order chi connectivity index (χ1) is 6.59. The molecule has 0 spiro atoms. The molecule has 72 valence electrons. The average Bonchev–Trinajstić information content (AvgIpc) is 2.46. The van der Waals surface area contributed by atoms with E-state index in [2.05, 4.69) is 12.6 Å². The molecule has 0 amide bonds. The summed E-state index contributed by atoms with van der Waals surface area (Å²) in [5.41, 5.74) is 0.457. The Bertz CT molecular complexity index is 479. The molecule has 1 heterocycles. The predicted octanol–water partition coefficient (Wildman–Crippen LogP) is 1.18. The molecular weight excluding hydrogens is 215 g/mol. The van der Waals surface area contributed by atoms with Crippen molar-refractivity contribution in [2.45, 2.75) is 11.8 Å². The van der Waals surface area contributed by atoms with Gasteiger partial charge in [-0.2, -0.15) is 0 Å². The van der Waals surface area contributed by atoms with E-state index in [0.717, 1.165) is 10.1 Å². The normalized spacial score (nSPS) is 10.9. The lowest BCUT2D eigenvalue weighted by Gasteiger charge is -2.03. The molecule has 5 heteroatoms. The molecule has 1 aromatic heterocycles. The van der Waals surface area contributed by atoms with Crippen LogP contribution in [0.3, 0.4) is 0 Å². The van der Waals surface area contributed by atoms with E-state index >= 15 is 0 Å². The molecule has 0 radical (unpaired) electrons. The first kappa shape index (κ1) is 10.0. The second kappa shape index (κ2) is 3.58. The predicted molar refractivity (Wildman–Crippen MR) is 63.6 cm³/mol. The Hall–Kier alpha value is -0.485. The minimum atomic E-state index is -1.45. The van der Waals surface area contributed by atoms with E-state index in [-0.39, 0.29) is 0 Å². The maximum Gasteiger partial charge on any atom is 0.489 e. The number of thiophene rings is 1. The summed E-state index contributed by atoms with van der Waals surface area (Å²) in [4.78, 5) is 1.85. The van der Waals surface area contributed by atoms with Crippen LogP contribution < -0.4 is 5.46 Å². The zero-order chi connectivity index (χ0) is 10.3. The van der Waals surface area contributed by atoms with Gasteiger partial charge in [0.05, 0.1) is 0 Å². The number of hydrogen-bond acceptors (Lipinski definition) is 4. The van der Waals surface area contributed by atoms with E-state index in [4.69, 9.17) is 10.0 Å². The molecule has 0 saturated heterocycles. The Morgan fingerprint density at radius 2 is 2.07 bits per heavy atom. The van der Waals surface area contributed by atoms with Crippen molar-refractivity contribution in [1.29, 1.82) is 0 Å². The first-order valence-corrected chi connectivity index (χ1v) is 5.44. The van der Waals surface area contributed by atoms with Gasteiger partial charge < -0.3 is 10.0 Å². The summed E-state index contributed by atoms with van der Waals surface area (Å²) in [5.74, 6) is 0. The van der Waals surface area contributed by atoms with Crippen LogP contribution in [0.2, 0.25) is 0 Å². The van der Waals surface area contributed by atoms with Crippen molar-refractivity contribution >= 4 is 46.6 Å². The van der Waals surface area contributed by atoms with Crippen LogP contribution in [-0.2, 0) is 0 Å². The number of fused-ring (bicyclic) bond motifs is 1. The van der Waals surface area contributed by atoms with E-state index in [1.807, 2.05) is 19.1 Å². The summed E-state index contributed by atoms with van der Waals surface area (Å²) in [6.07, 6.45) is 0. The van der Waals surface area contributed by atoms with Gasteiger partial charge in [-0.3, -0.25) is 0 Å². The largest absolute Gasteiger partial charge is 0.489 e. The number of hydrogen-bond donors (Lipinski definition) is 3. The third kappa shape index (κ3) is 1.57. The van der Waals surface area contributed by atoms with E-state index in [1.54, 1.807) is 17.4 Å². The van der Waals surface area contributed by atoms with E-state index in [0.29, 0.717) is 10.4 Å². The van der Waals surface area contributed by atoms with E-state index in [9.17, 15) is 0 Å². The number of aryl methyl sites for hydroxylation is 1. The molecule has 0 aliphatic rings. The molecule has 0 aliphatic carbocycles. The van der Waals surface area contributed by atoms with Crippen molar-refractivity contribution in [1.82, 2.24) is 0 Å². The topological polar surface area (TPSA) is 40.5 Å². The van der Waals surface area contributed by atoms with Gasteiger partial charge in [0.25, 0.3) is 0 Å². The molecule has 0 atom stereocenters. The number of benzene rings is 1. The van der Waals surface area contributed by atoms with Gasteiger partial charge in [-0.1, -0.05) is 6.07 Å². The first-order valence-electron chi connectivity index (χ1n) is 4.17. The average molecular weight is 224 g/mol. The van der Waals surface area contributed by atoms with Crippen molar-refractivity contribution in [3.05, 3.63) is 23.1 Å². The molecule has 1 aromatic carbocycles. The summed E-state index contributed by atoms with van der Waals surface area (Å²) >= 11 is 5.98. The van der Waals surface area contributed by atoms with Crippen LogP contribution in [0.1, 0.15) is 4.88 Å². The Morgan fingerprint density at radius 1 is 1.36 bits per heavy atom. The lowest BCUT2D eigenvalue weighted by Crippen LogP contribution is -2.30. The molecule has 0 unspecified atom stereocenters. The van der Waals surface area contributed by atoms with Crippen molar-refractivity contribution in [3.63, 3.8) is 0 Å². The molecule has 0 bridgehead atoms. The highest BCUT2D eigenvalue weighted by Crippen LogP contribution is 2.28. The summed E-state index contributed by atoms with van der Waals surface area (Å²) in [6.45, 7) is 2.02. The highest BCUT2D eigenvalue weighted by Gasteiger charge is 2.16. The maximum absolute atomic E-state index is 9.08. The molecule has 2 N–H and O–H groups in total. The fourth-order valence-electron chi connectivity index (χ4n) is 1.45. The zero-order valence-electron chi connectivity index (χ0n) is 7.56. The molecule has 2 aromatic rings. The maximum atomic E-state index is 9.08. The lowest BCUT2D eigenvalue weighted by molar-refractivity contribution is 0.425. The van der Waals surface area contributed by atoms with Gasteiger partial charge in [-0.05, 0) is 24.5 Å². The van der Waals surface area contributed by atoms with E-state index < -0.39 is 7.12 Å². The fourth-order valence-corrected chi connectivity index (χ4v) is 2.83. The van der Waals surface area contributed by atoms with Crippen LogP contribution in [0, 0.1) is 6.92 Å². The SMILES string of the molecule is Cc1cc2c(S)c(B(O)O)ccc2s1. The lowest BCUT2D eigenvalue weighted by atomic mass is 9.80. The highest BCUT2D eigenvalue weighted by atomic mass is 32.1. The molecule has 0 fully saturated rings. The highest BCUT2D eigenvalue weighted by molar-refractivity contribution is 7.80. The second-order valence-corrected chi connectivity index (χ2v) is 4.88. The van der Waals surface area contributed by atoms with Gasteiger partial charge in [0, 0.05) is 19.9 Å². The van der Waals surface area contributed by atoms with E-state index in [1.165, 1.54) is 4.88 Å². The van der Waals surface area contributed by atoms with Gasteiger partial charge in [-0.15, -0.1) is 24.0 Å². The number of thiol groups is 1. The standard InChI is InChI=1S/C9H9BO2S2/c1-5-4-6-8(14-5)3-2-7(9(6)13)10(11)12/h2-4,11-13H,1H3. The summed E-state index contributed by atoms with van der Waals surface area (Å²) < 4.78 is 1.12. The summed E-state index contributed by atoms with van der Waals surface area (Å²) in [5, 5.41) is 19.1. The minimum absolute atomic E-state index is 0.457. The summed E-state index contributed by atoms with van der Waals surface area (Å²) in [7, 11) is -1.45. The molecule has 2 nitrogen and oxygen atoms in total. The van der Waals surface area contributed by atoms with Crippen LogP contribution >= 0.6 is 24.0 Å². The summed E-state index contributed by atoms with van der Waals surface area (Å²) in [6, 6.07) is 5.60. The quantitative estimate of drug-likeness (QED) is 0.502. The molecule has 14 heavy (non-hydrogen) atoms. The Kier molecular flexibility index (Phi) is 2.57. The van der Waals surface area contributed by atoms with Crippen LogP contribution in [0.4, 0.5) is 0 Å². The van der Waals surface area contributed by atoms with Gasteiger partial charge in [0.1, 0.15) is 0 Å². The van der Waals surface area contributed by atoms with Crippen LogP contribution in [-0.4, -0.2) is 17.2 Å². The molecule has 2 rings (SSSR count). The van der Waals surface area contributed by atoms with Gasteiger partial charge >= 0.3 is 7.12 Å². The third-order valence-corrected chi connectivity index (χ3v) is 3.62. The van der Waals surface area contributed by atoms with Crippen molar-refractivity contribution in [2.75, 3.05) is 0 Å². The van der Waals surface area contributed by atoms with Crippen LogP contribution in [0.5, 0.6) is 0 Å². The number of rotatable bonds is 1.